The van der Waals surface area contributed by atoms with E-state index in [1.165, 1.54) is 0 Å². The Morgan fingerprint density at radius 3 is 2.24 bits per heavy atom. The van der Waals surface area contributed by atoms with Gasteiger partial charge in [-0.1, -0.05) is 96.3 Å². The van der Waals surface area contributed by atoms with Crippen LogP contribution in [0.5, 0.6) is 11.5 Å². The first-order valence-electron chi connectivity index (χ1n) is 21.8. The van der Waals surface area contributed by atoms with Crippen molar-refractivity contribution in [3.8, 4) is 11.5 Å². The molecule has 66 heavy (non-hydrogen) atoms. The highest BCUT2D eigenvalue weighted by atomic mass is 32.7. The monoisotopic (exact) mass is 951 g/mol. The first kappa shape index (κ1) is 46.2. The summed E-state index contributed by atoms with van der Waals surface area (Å²) >= 11 is 2.62. The molecule has 0 saturated carbocycles. The summed E-state index contributed by atoms with van der Waals surface area (Å²) in [4.78, 5) is 31.5. The van der Waals surface area contributed by atoms with Crippen LogP contribution < -0.4 is 15.0 Å². The maximum atomic E-state index is 13.4. The van der Waals surface area contributed by atoms with Crippen molar-refractivity contribution in [3.05, 3.63) is 148 Å². The topological polar surface area (TPSA) is 158 Å². The number of nitrogens with zero attached hydrogens (tertiary/aromatic N) is 6. The first-order chi connectivity index (χ1) is 32.2. The SMILES string of the molecule is COc1ccc(C(OC[C@@]23CO[C@@H]([C@H](n4cnc5c(=O)[nH]c(N=CN(C)C)nc54)O2)[C@@H]3OP(SCC[SH]=C(O)c2ccccc2)N2CCCC2)(c2ccccc2)c2ccc(OC)cc2)cc1. The number of ether oxygens (including phenoxy) is 5. The standard InChI is InChI=1S/C48H54N7O8PS2/c1-53(2)31-50-46-51-42-39(43(56)52-46)49-32-55(42)44-40-41(63-64(54-25-11-12-26-54)66-28-27-65-45(57)33-13-7-5-8-14-33)47(62-44,29-60-40)30-61-48(34-15-9-6-10-16-34,35-17-21-37(58-3)22-18-35)36-19-23-38(59-4)24-20-36/h5-10,13-24,31-32,40-41,44,57,65H,11-12,25-30H2,1-4H3,(H,51,52,56)/t40-,41+,44-,47-,64?/m1/s1. The predicted octanol–water partition coefficient (Wildman–Crippen LogP) is 7.68. The van der Waals surface area contributed by atoms with E-state index in [1.54, 1.807) is 47.7 Å². The molecular weight excluding hydrogens is 898 g/mol. The van der Waals surface area contributed by atoms with Gasteiger partial charge in [0, 0.05) is 38.5 Å². The number of methoxy groups -OCH3 is 2. The molecule has 9 rings (SSSR count). The van der Waals surface area contributed by atoms with E-state index >= 15 is 0 Å². The summed E-state index contributed by atoms with van der Waals surface area (Å²) in [6.45, 7) is 2.04. The Morgan fingerprint density at radius 2 is 1.61 bits per heavy atom. The van der Waals surface area contributed by atoms with Crippen molar-refractivity contribution in [2.45, 2.75) is 42.5 Å². The molecule has 6 aromatic rings. The Bertz CT molecular complexity index is 2640. The number of thiol groups is 1. The quantitative estimate of drug-likeness (QED) is 0.0138. The van der Waals surface area contributed by atoms with E-state index < -0.39 is 42.7 Å². The highest BCUT2D eigenvalue weighted by Gasteiger charge is 2.65. The number of aromatic nitrogens is 4. The first-order valence-corrected chi connectivity index (χ1v) is 25.7. The maximum Gasteiger partial charge on any atom is 0.280 e. The lowest BCUT2D eigenvalue weighted by molar-refractivity contribution is -0.201. The second-order valence-corrected chi connectivity index (χ2v) is 21.2. The van der Waals surface area contributed by atoms with E-state index in [9.17, 15) is 9.90 Å². The number of H-pyrrole nitrogens is 1. The number of nitrogens with one attached hydrogen (secondary N) is 1. The number of rotatable bonds is 19. The summed E-state index contributed by atoms with van der Waals surface area (Å²) in [5.41, 5.74) is 1.21. The van der Waals surface area contributed by atoms with Crippen LogP contribution >= 0.6 is 30.2 Å². The Morgan fingerprint density at radius 1 is 0.970 bits per heavy atom. The molecule has 4 aromatic carbocycles. The van der Waals surface area contributed by atoms with Gasteiger partial charge in [-0.2, -0.15) is 16.3 Å². The molecule has 0 amide bonds. The average molecular weight is 952 g/mol. The summed E-state index contributed by atoms with van der Waals surface area (Å²) in [7, 11) is 5.75. The van der Waals surface area contributed by atoms with Crippen LogP contribution in [-0.4, -0.2) is 130 Å². The van der Waals surface area contributed by atoms with Gasteiger partial charge in [-0.15, -0.1) is 0 Å². The number of aromatic amines is 1. The van der Waals surface area contributed by atoms with E-state index in [1.807, 2.05) is 111 Å². The minimum Gasteiger partial charge on any atom is -0.497 e. The smallest absolute Gasteiger partial charge is 0.280 e. The summed E-state index contributed by atoms with van der Waals surface area (Å²) in [5.74, 6) is 3.06. The number of hydrogen-bond acceptors (Lipinski definition) is 12. The van der Waals surface area contributed by atoms with Crippen LogP contribution in [0.2, 0.25) is 0 Å². The van der Waals surface area contributed by atoms with E-state index in [0.29, 0.717) is 22.2 Å². The third-order valence-electron chi connectivity index (χ3n) is 11.9. The van der Waals surface area contributed by atoms with Crippen molar-refractivity contribution in [3.63, 3.8) is 0 Å². The lowest BCUT2D eigenvalue weighted by atomic mass is 9.79. The molecule has 3 aliphatic rings. The molecule has 15 nitrogen and oxygen atoms in total. The Kier molecular flexibility index (Phi) is 14.4. The van der Waals surface area contributed by atoms with E-state index in [4.69, 9.17) is 33.2 Å². The fraction of sp³-hybridized carbons (Fsp3) is 0.354. The molecule has 1 unspecified atom stereocenters. The van der Waals surface area contributed by atoms with Gasteiger partial charge in [-0.25, -0.2) is 9.98 Å². The van der Waals surface area contributed by atoms with Crippen LogP contribution in [0, 0.1) is 0 Å². The minimum absolute atomic E-state index is 0.0446. The predicted molar refractivity (Wildman–Crippen MR) is 263 cm³/mol. The number of aliphatic imine (C=N–C) groups is 1. The number of fused-ring (bicyclic) bond motifs is 3. The normalized spacial score (nSPS) is 21.7. The number of aliphatic hydroxyl groups is 1. The lowest BCUT2D eigenvalue weighted by Gasteiger charge is -2.40. The molecule has 3 fully saturated rings. The second-order valence-electron chi connectivity index (χ2n) is 16.4. The number of hydrogen-bond donors (Lipinski definition) is 3. The molecule has 3 saturated heterocycles. The zero-order valence-corrected chi connectivity index (χ0v) is 39.8. The summed E-state index contributed by atoms with van der Waals surface area (Å²) in [5, 5.41) is 11.3. The molecule has 3 aliphatic heterocycles. The number of aliphatic hydroxyl groups excluding tert-OH is 1. The van der Waals surface area contributed by atoms with Crippen LogP contribution in [0.1, 0.15) is 41.3 Å². The van der Waals surface area contributed by atoms with Gasteiger partial charge in [0.1, 0.15) is 40.0 Å². The van der Waals surface area contributed by atoms with Crippen molar-refractivity contribution >= 4 is 58.7 Å². The van der Waals surface area contributed by atoms with E-state index in [0.717, 1.165) is 71.0 Å². The van der Waals surface area contributed by atoms with Gasteiger partial charge in [-0.05, 0) is 59.6 Å². The van der Waals surface area contributed by atoms with Crippen LogP contribution in [0.3, 0.4) is 0 Å². The molecule has 2 bridgehead atoms. The van der Waals surface area contributed by atoms with Gasteiger partial charge >= 0.3 is 0 Å². The molecular formula is C48H54N7O8PS2. The van der Waals surface area contributed by atoms with Crippen LogP contribution in [0.4, 0.5) is 5.95 Å². The third-order valence-corrected chi connectivity index (χ3v) is 17.2. The number of imidazole rings is 1. The zero-order valence-electron chi connectivity index (χ0n) is 37.2. The van der Waals surface area contributed by atoms with Gasteiger partial charge in [0.2, 0.25) is 5.95 Å². The van der Waals surface area contributed by atoms with Crippen molar-refractivity contribution in [1.82, 2.24) is 29.1 Å². The lowest BCUT2D eigenvalue weighted by Crippen LogP contribution is -2.49. The van der Waals surface area contributed by atoms with Crippen LogP contribution in [0.25, 0.3) is 11.2 Å². The highest BCUT2D eigenvalue weighted by molar-refractivity contribution is 8.53. The average Bonchev–Trinajstić information content (AvgIpc) is 4.17. The fourth-order valence-corrected chi connectivity index (χ4v) is 14.1. The molecule has 18 heteroatoms. The molecule has 346 valence electrons. The van der Waals surface area contributed by atoms with Gasteiger partial charge in [0.25, 0.3) is 5.56 Å². The van der Waals surface area contributed by atoms with Gasteiger partial charge in [-0.3, -0.25) is 19.0 Å². The van der Waals surface area contributed by atoms with Crippen LogP contribution in [-0.2, 0) is 24.3 Å². The number of benzene rings is 4. The molecule has 0 aliphatic carbocycles. The fourth-order valence-electron chi connectivity index (χ4n) is 8.60. The van der Waals surface area contributed by atoms with Gasteiger partial charge < -0.3 is 38.2 Å². The van der Waals surface area contributed by atoms with E-state index in [-0.39, 0.29) is 24.7 Å². The molecule has 5 atom stereocenters. The Hall–Kier alpha value is -4.94. The Labute approximate surface area is 392 Å². The largest absolute Gasteiger partial charge is 0.497 e. The maximum absolute atomic E-state index is 13.4. The molecule has 0 radical (unpaired) electrons. The minimum atomic E-state index is -1.23. The molecule has 2 N–H and O–H groups in total. The van der Waals surface area contributed by atoms with E-state index in [2.05, 4.69) is 31.8 Å². The van der Waals surface area contributed by atoms with Gasteiger partial charge in [0.15, 0.2) is 24.9 Å². The van der Waals surface area contributed by atoms with Crippen molar-refractivity contribution in [2.24, 2.45) is 4.99 Å². The zero-order chi connectivity index (χ0) is 45.7. The third kappa shape index (κ3) is 9.46. The highest BCUT2D eigenvalue weighted by Crippen LogP contribution is 2.61. The van der Waals surface area contributed by atoms with Crippen LogP contribution in [0.15, 0.2) is 125 Å². The summed E-state index contributed by atoms with van der Waals surface area (Å²) in [6, 6.07) is 35.7. The molecule has 5 heterocycles. The van der Waals surface area contributed by atoms with Gasteiger partial charge in [0.05, 0.1) is 40.1 Å². The second kappa shape index (κ2) is 20.5. The van der Waals surface area contributed by atoms with Crippen molar-refractivity contribution in [1.29, 1.82) is 0 Å². The summed E-state index contributed by atoms with van der Waals surface area (Å²) in [6.07, 6.45) is 3.26. The van der Waals surface area contributed by atoms with Crippen molar-refractivity contribution in [2.75, 3.05) is 66.1 Å². The molecule has 2 aromatic heterocycles. The molecule has 0 spiro atoms. The van der Waals surface area contributed by atoms with Crippen molar-refractivity contribution < 1.29 is 33.3 Å². The Balaban J connectivity index is 1.11. The summed E-state index contributed by atoms with van der Waals surface area (Å²) < 4.78 is 44.5.